The third-order valence-corrected chi connectivity index (χ3v) is 2.41. The maximum atomic E-state index is 10.5. The second kappa shape index (κ2) is 6.25. The topological polar surface area (TPSA) is 61.6 Å². The van der Waals surface area contributed by atoms with Crippen LogP contribution in [0.15, 0.2) is 48.5 Å². The fraction of sp³-hybridized carbons (Fsp3) is 0.0667. The third-order valence-electron chi connectivity index (χ3n) is 2.41. The number of nitrogens with zero attached hydrogens (tertiary/aromatic N) is 1. The van der Waals surface area contributed by atoms with Crippen LogP contribution >= 0.6 is 0 Å². The summed E-state index contributed by atoms with van der Waals surface area (Å²) in [5.41, 5.74) is 0.0171. The zero-order valence-corrected chi connectivity index (χ0v) is 10.5. The van der Waals surface area contributed by atoms with Crippen LogP contribution in [-0.2, 0) is 0 Å². The van der Waals surface area contributed by atoms with Gasteiger partial charge in [0, 0.05) is 18.2 Å². The molecule has 0 heterocycles. The van der Waals surface area contributed by atoms with E-state index in [0.29, 0.717) is 17.2 Å². The molecule has 2 rings (SSSR count). The fourth-order valence-corrected chi connectivity index (χ4v) is 1.52. The molecule has 0 saturated heterocycles. The highest BCUT2D eigenvalue weighted by Crippen LogP contribution is 2.26. The molecule has 0 fully saturated rings. The molecular formula is C15H11NO4. The van der Waals surface area contributed by atoms with E-state index in [2.05, 4.69) is 5.92 Å². The predicted octanol–water partition coefficient (Wildman–Crippen LogP) is 3.40. The predicted molar refractivity (Wildman–Crippen MR) is 73.9 cm³/mol. The second-order valence-corrected chi connectivity index (χ2v) is 3.82. The minimum Gasteiger partial charge on any atom is -0.481 e. The van der Waals surface area contributed by atoms with Gasteiger partial charge in [-0.3, -0.25) is 10.1 Å². The molecule has 0 radical (unpaired) electrons. The number of terminal acetylenes is 1. The summed E-state index contributed by atoms with van der Waals surface area (Å²) in [5.74, 6) is 4.04. The fourth-order valence-electron chi connectivity index (χ4n) is 1.52. The number of benzene rings is 2. The molecule has 5 nitrogen and oxygen atoms in total. The van der Waals surface area contributed by atoms with Crippen LogP contribution in [0, 0.1) is 22.5 Å². The number of nitro benzene ring substituents is 1. The van der Waals surface area contributed by atoms with Crippen LogP contribution in [0.2, 0.25) is 0 Å². The van der Waals surface area contributed by atoms with Crippen molar-refractivity contribution in [2.24, 2.45) is 0 Å². The third kappa shape index (κ3) is 3.50. The van der Waals surface area contributed by atoms with E-state index in [1.54, 1.807) is 24.3 Å². The Hall–Kier alpha value is -3.00. The standard InChI is InChI=1S/C15H11NO4/c1-2-10-19-14-4-3-5-15(11-14)20-13-8-6-12(7-9-13)16(17)18/h1,3-9,11H,10H2. The molecule has 0 aromatic heterocycles. The number of hydrogen-bond donors (Lipinski definition) is 0. The summed E-state index contributed by atoms with van der Waals surface area (Å²) in [6.45, 7) is 0.182. The van der Waals surface area contributed by atoms with Crippen molar-refractivity contribution in [2.45, 2.75) is 0 Å². The van der Waals surface area contributed by atoms with Crippen molar-refractivity contribution in [2.75, 3.05) is 6.61 Å². The van der Waals surface area contributed by atoms with Crippen molar-refractivity contribution in [3.63, 3.8) is 0 Å². The summed E-state index contributed by atoms with van der Waals surface area (Å²) in [5, 5.41) is 10.5. The lowest BCUT2D eigenvalue weighted by atomic mass is 10.3. The molecule has 0 saturated carbocycles. The molecule has 0 N–H and O–H groups in total. The van der Waals surface area contributed by atoms with E-state index >= 15 is 0 Å². The summed E-state index contributed by atoms with van der Waals surface area (Å²) in [4.78, 5) is 10.1. The quantitative estimate of drug-likeness (QED) is 0.474. The largest absolute Gasteiger partial charge is 0.481 e. The van der Waals surface area contributed by atoms with E-state index in [9.17, 15) is 10.1 Å². The Morgan fingerprint density at radius 1 is 1.10 bits per heavy atom. The van der Waals surface area contributed by atoms with Crippen molar-refractivity contribution in [3.05, 3.63) is 58.6 Å². The molecule has 0 bridgehead atoms. The van der Waals surface area contributed by atoms with Crippen molar-refractivity contribution in [1.29, 1.82) is 0 Å². The molecule has 2 aromatic rings. The van der Waals surface area contributed by atoms with Crippen LogP contribution in [0.3, 0.4) is 0 Å². The van der Waals surface area contributed by atoms with Crippen LogP contribution in [-0.4, -0.2) is 11.5 Å². The summed E-state index contributed by atoms with van der Waals surface area (Å²) in [7, 11) is 0. The number of ether oxygens (including phenoxy) is 2. The molecule has 20 heavy (non-hydrogen) atoms. The highest BCUT2D eigenvalue weighted by Gasteiger charge is 2.05. The first-order valence-electron chi connectivity index (χ1n) is 5.77. The molecule has 0 amide bonds. The molecule has 5 heteroatoms. The van der Waals surface area contributed by atoms with Gasteiger partial charge in [0.25, 0.3) is 5.69 Å². The molecule has 0 aliphatic carbocycles. The lowest BCUT2D eigenvalue weighted by Crippen LogP contribution is -1.93. The Bertz CT molecular complexity index is 644. The Balaban J connectivity index is 2.09. The molecule has 0 unspecified atom stereocenters. The number of nitro groups is 1. The van der Waals surface area contributed by atoms with Crippen LogP contribution in [0.1, 0.15) is 0 Å². The number of non-ortho nitro benzene ring substituents is 1. The van der Waals surface area contributed by atoms with E-state index in [1.165, 1.54) is 24.3 Å². The summed E-state index contributed by atoms with van der Waals surface area (Å²) in [6, 6.07) is 12.8. The first-order valence-corrected chi connectivity index (χ1v) is 5.77. The van der Waals surface area contributed by atoms with Gasteiger partial charge in [0.2, 0.25) is 0 Å². The Labute approximate surface area is 115 Å². The summed E-state index contributed by atoms with van der Waals surface area (Å²) >= 11 is 0. The van der Waals surface area contributed by atoms with E-state index < -0.39 is 4.92 Å². The van der Waals surface area contributed by atoms with Crippen LogP contribution < -0.4 is 9.47 Å². The zero-order chi connectivity index (χ0) is 14.4. The minimum atomic E-state index is -0.460. The first-order chi connectivity index (χ1) is 9.69. The van der Waals surface area contributed by atoms with E-state index in [-0.39, 0.29) is 12.3 Å². The van der Waals surface area contributed by atoms with Gasteiger partial charge in [0.1, 0.15) is 23.9 Å². The Morgan fingerprint density at radius 2 is 1.80 bits per heavy atom. The van der Waals surface area contributed by atoms with Crippen molar-refractivity contribution in [3.8, 4) is 29.6 Å². The smallest absolute Gasteiger partial charge is 0.269 e. The zero-order valence-electron chi connectivity index (χ0n) is 10.5. The van der Waals surface area contributed by atoms with Gasteiger partial charge in [-0.25, -0.2) is 0 Å². The van der Waals surface area contributed by atoms with Gasteiger partial charge in [-0.1, -0.05) is 12.0 Å². The molecule has 0 aliphatic rings. The lowest BCUT2D eigenvalue weighted by molar-refractivity contribution is -0.384. The molecule has 0 atom stereocenters. The maximum absolute atomic E-state index is 10.5. The molecular weight excluding hydrogens is 258 g/mol. The maximum Gasteiger partial charge on any atom is 0.269 e. The van der Waals surface area contributed by atoms with E-state index in [4.69, 9.17) is 15.9 Å². The average Bonchev–Trinajstić information content (AvgIpc) is 2.46. The van der Waals surface area contributed by atoms with Crippen LogP contribution in [0.4, 0.5) is 5.69 Å². The number of hydrogen-bond acceptors (Lipinski definition) is 4. The van der Waals surface area contributed by atoms with Gasteiger partial charge in [0.15, 0.2) is 0 Å². The lowest BCUT2D eigenvalue weighted by Gasteiger charge is -2.07. The summed E-state index contributed by atoms with van der Waals surface area (Å²) < 4.78 is 10.9. The van der Waals surface area contributed by atoms with Crippen molar-refractivity contribution in [1.82, 2.24) is 0 Å². The summed E-state index contributed by atoms with van der Waals surface area (Å²) in [6.07, 6.45) is 5.12. The van der Waals surface area contributed by atoms with Crippen LogP contribution in [0.5, 0.6) is 17.2 Å². The molecule has 0 spiro atoms. The number of rotatable bonds is 5. The van der Waals surface area contributed by atoms with Gasteiger partial charge >= 0.3 is 0 Å². The van der Waals surface area contributed by atoms with E-state index in [1.807, 2.05) is 0 Å². The highest BCUT2D eigenvalue weighted by molar-refractivity contribution is 5.40. The van der Waals surface area contributed by atoms with Gasteiger partial charge in [0.05, 0.1) is 4.92 Å². The Morgan fingerprint density at radius 3 is 2.45 bits per heavy atom. The SMILES string of the molecule is C#CCOc1cccc(Oc2ccc([N+](=O)[O-])cc2)c1. The Kier molecular flexibility index (Phi) is 4.20. The van der Waals surface area contributed by atoms with Gasteiger partial charge in [-0.05, 0) is 24.3 Å². The first kappa shape index (κ1) is 13.4. The van der Waals surface area contributed by atoms with Crippen LogP contribution in [0.25, 0.3) is 0 Å². The van der Waals surface area contributed by atoms with Gasteiger partial charge in [-0.2, -0.15) is 0 Å². The minimum absolute atomic E-state index is 0.0171. The van der Waals surface area contributed by atoms with Gasteiger partial charge < -0.3 is 9.47 Å². The average molecular weight is 269 g/mol. The van der Waals surface area contributed by atoms with Crippen molar-refractivity contribution >= 4 is 5.69 Å². The van der Waals surface area contributed by atoms with Crippen molar-refractivity contribution < 1.29 is 14.4 Å². The second-order valence-electron chi connectivity index (χ2n) is 3.82. The molecule has 100 valence electrons. The van der Waals surface area contributed by atoms with E-state index in [0.717, 1.165) is 0 Å². The van der Waals surface area contributed by atoms with Gasteiger partial charge in [-0.15, -0.1) is 6.42 Å². The molecule has 0 aliphatic heterocycles. The normalized spacial score (nSPS) is 9.55. The monoisotopic (exact) mass is 269 g/mol. The molecule has 2 aromatic carbocycles. The highest BCUT2D eigenvalue weighted by atomic mass is 16.6.